The summed E-state index contributed by atoms with van der Waals surface area (Å²) in [5.41, 5.74) is 4.92. The topological polar surface area (TPSA) is 127 Å². The van der Waals surface area contributed by atoms with Crippen molar-refractivity contribution in [3.8, 4) is 17.2 Å². The van der Waals surface area contributed by atoms with Crippen LogP contribution in [0.4, 0.5) is 0 Å². The van der Waals surface area contributed by atoms with Gasteiger partial charge in [0.2, 0.25) is 0 Å². The van der Waals surface area contributed by atoms with Crippen molar-refractivity contribution >= 4 is 0 Å². The molecule has 1 aromatic heterocycles. The zero-order valence-corrected chi connectivity index (χ0v) is 33.3. The van der Waals surface area contributed by atoms with Crippen molar-refractivity contribution in [2.45, 2.75) is 140 Å². The Kier molecular flexibility index (Phi) is 10.2. The van der Waals surface area contributed by atoms with Crippen molar-refractivity contribution in [2.75, 3.05) is 0 Å². The first-order valence-corrected chi connectivity index (χ1v) is 17.6. The molecule has 0 saturated carbocycles. The highest BCUT2D eigenvalue weighted by atomic mass is 16.3. The summed E-state index contributed by atoms with van der Waals surface area (Å²) < 4.78 is 3.22. The third-order valence-electron chi connectivity index (χ3n) is 10.4. The number of rotatable bonds is 6. The third kappa shape index (κ3) is 7.17. The minimum Gasteiger partial charge on any atom is -0.508 e. The molecule has 0 fully saturated rings. The zero-order chi connectivity index (χ0) is 38.9. The molecular weight excluding hydrogens is 642 g/mol. The van der Waals surface area contributed by atoms with Gasteiger partial charge in [0, 0.05) is 5.56 Å². The molecule has 0 bridgehead atoms. The smallest absolute Gasteiger partial charge is 0.336 e. The SMILES string of the molecule is Cc1cc(C(C)(C)C)c(O)c(C)c1Cn1c(=O)n(Cc2c(C)cc(C(C)(C)C)c(O)c2C)c(=O)n(Cc2c(C)cc(O)c(C(C)(C)C)c2C)c1=O. The van der Waals surface area contributed by atoms with Crippen molar-refractivity contribution in [3.05, 3.63) is 116 Å². The van der Waals surface area contributed by atoms with Crippen LogP contribution in [0.1, 0.15) is 129 Å². The molecule has 0 aliphatic heterocycles. The quantitative estimate of drug-likeness (QED) is 0.196. The van der Waals surface area contributed by atoms with Crippen LogP contribution in [0.15, 0.2) is 32.6 Å². The highest BCUT2D eigenvalue weighted by Crippen LogP contribution is 2.39. The maximum absolute atomic E-state index is 14.4. The molecule has 0 saturated heterocycles. The van der Waals surface area contributed by atoms with Gasteiger partial charge in [-0.1, -0.05) is 74.4 Å². The molecule has 51 heavy (non-hydrogen) atoms. The number of aromatic nitrogens is 3. The summed E-state index contributed by atoms with van der Waals surface area (Å²) in [6.45, 7) is 28.6. The maximum atomic E-state index is 14.4. The number of phenolic OH excluding ortho intramolecular Hbond substituents is 3. The van der Waals surface area contributed by atoms with E-state index in [2.05, 4.69) is 0 Å². The van der Waals surface area contributed by atoms with Gasteiger partial charge in [0.1, 0.15) is 17.2 Å². The average Bonchev–Trinajstić information content (AvgIpc) is 2.97. The summed E-state index contributed by atoms with van der Waals surface area (Å²) in [5, 5.41) is 33.5. The van der Waals surface area contributed by atoms with E-state index in [4.69, 9.17) is 0 Å². The van der Waals surface area contributed by atoms with Gasteiger partial charge in [-0.25, -0.2) is 28.1 Å². The number of hydrogen-bond donors (Lipinski definition) is 3. The van der Waals surface area contributed by atoms with Crippen LogP contribution < -0.4 is 17.1 Å². The van der Waals surface area contributed by atoms with Crippen molar-refractivity contribution in [1.82, 2.24) is 13.7 Å². The van der Waals surface area contributed by atoms with Gasteiger partial charge in [-0.2, -0.15) is 0 Å². The molecule has 0 spiro atoms. The summed E-state index contributed by atoms with van der Waals surface area (Å²) in [6, 6.07) is 5.43. The second-order valence-corrected chi connectivity index (χ2v) is 17.4. The molecule has 4 aromatic rings. The monoisotopic (exact) mass is 699 g/mol. The largest absolute Gasteiger partial charge is 0.508 e. The van der Waals surface area contributed by atoms with Crippen LogP contribution in [-0.4, -0.2) is 29.0 Å². The fourth-order valence-corrected chi connectivity index (χ4v) is 7.41. The molecule has 0 radical (unpaired) electrons. The minimum absolute atomic E-state index is 0.107. The van der Waals surface area contributed by atoms with E-state index in [1.807, 2.05) is 102 Å². The Morgan fingerprint density at radius 2 is 0.765 bits per heavy atom. The lowest BCUT2D eigenvalue weighted by molar-refractivity contribution is 0.437. The Morgan fingerprint density at radius 3 is 1.06 bits per heavy atom. The predicted molar refractivity (Wildman–Crippen MR) is 205 cm³/mol. The molecule has 3 aromatic carbocycles. The fraction of sp³-hybridized carbons (Fsp3) is 0.500. The van der Waals surface area contributed by atoms with Crippen LogP contribution in [0.3, 0.4) is 0 Å². The fourth-order valence-electron chi connectivity index (χ4n) is 7.41. The van der Waals surface area contributed by atoms with E-state index in [1.54, 1.807) is 19.9 Å². The van der Waals surface area contributed by atoms with Crippen molar-refractivity contribution < 1.29 is 15.3 Å². The first-order valence-electron chi connectivity index (χ1n) is 17.6. The van der Waals surface area contributed by atoms with Gasteiger partial charge in [-0.15, -0.1) is 0 Å². The van der Waals surface area contributed by atoms with E-state index in [9.17, 15) is 29.7 Å². The Labute approximate surface area is 301 Å². The summed E-state index contributed by atoms with van der Waals surface area (Å²) in [5.74, 6) is 0.357. The van der Waals surface area contributed by atoms with E-state index in [1.165, 1.54) is 0 Å². The highest BCUT2D eigenvalue weighted by Gasteiger charge is 2.28. The summed E-state index contributed by atoms with van der Waals surface area (Å²) >= 11 is 0. The first-order chi connectivity index (χ1) is 23.2. The lowest BCUT2D eigenvalue weighted by Gasteiger charge is -2.27. The summed E-state index contributed by atoms with van der Waals surface area (Å²) in [7, 11) is 0. The normalized spacial score (nSPS) is 12.5. The average molecular weight is 700 g/mol. The Hall–Kier alpha value is -4.53. The third-order valence-corrected chi connectivity index (χ3v) is 10.4. The van der Waals surface area contributed by atoms with Gasteiger partial charge < -0.3 is 15.3 Å². The Morgan fingerprint density at radius 1 is 0.471 bits per heavy atom. The highest BCUT2D eigenvalue weighted by molar-refractivity contribution is 5.53. The van der Waals surface area contributed by atoms with Gasteiger partial charge in [0.15, 0.2) is 0 Å². The predicted octanol–water partition coefficient (Wildman–Crippen LogP) is 7.18. The Balaban J connectivity index is 2.07. The second-order valence-electron chi connectivity index (χ2n) is 17.4. The molecule has 0 atom stereocenters. The molecule has 276 valence electrons. The van der Waals surface area contributed by atoms with Gasteiger partial charge in [0.05, 0.1) is 19.6 Å². The molecule has 9 heteroatoms. The van der Waals surface area contributed by atoms with Crippen LogP contribution in [0, 0.1) is 41.5 Å². The minimum atomic E-state index is -0.785. The van der Waals surface area contributed by atoms with E-state index in [0.717, 1.165) is 41.5 Å². The molecular formula is C42H57N3O6. The zero-order valence-electron chi connectivity index (χ0n) is 33.3. The molecule has 0 aliphatic carbocycles. The number of nitrogens with zero attached hydrogens (tertiary/aromatic N) is 3. The van der Waals surface area contributed by atoms with Crippen LogP contribution in [-0.2, 0) is 35.9 Å². The molecule has 9 nitrogen and oxygen atoms in total. The van der Waals surface area contributed by atoms with Crippen molar-refractivity contribution in [1.29, 1.82) is 0 Å². The van der Waals surface area contributed by atoms with E-state index < -0.39 is 22.5 Å². The number of phenols is 3. The maximum Gasteiger partial charge on any atom is 0.336 e. The lowest BCUT2D eigenvalue weighted by atomic mass is 9.80. The molecule has 1 heterocycles. The Bertz CT molecular complexity index is 2110. The second kappa shape index (κ2) is 13.2. The van der Waals surface area contributed by atoms with Crippen molar-refractivity contribution in [3.63, 3.8) is 0 Å². The van der Waals surface area contributed by atoms with Crippen LogP contribution in [0.2, 0.25) is 0 Å². The van der Waals surface area contributed by atoms with Crippen molar-refractivity contribution in [2.24, 2.45) is 0 Å². The van der Waals surface area contributed by atoms with Gasteiger partial charge in [-0.05, 0) is 125 Å². The lowest BCUT2D eigenvalue weighted by Crippen LogP contribution is -2.55. The van der Waals surface area contributed by atoms with E-state index >= 15 is 0 Å². The number of aromatic hydroxyl groups is 3. The molecule has 0 amide bonds. The number of hydrogen-bond acceptors (Lipinski definition) is 6. The molecule has 0 aliphatic rings. The number of aryl methyl sites for hydroxylation is 3. The van der Waals surface area contributed by atoms with Crippen LogP contribution in [0.5, 0.6) is 17.2 Å². The van der Waals surface area contributed by atoms with Gasteiger partial charge in [-0.3, -0.25) is 0 Å². The van der Waals surface area contributed by atoms with Crippen LogP contribution in [0.25, 0.3) is 0 Å². The van der Waals surface area contributed by atoms with Crippen LogP contribution >= 0.6 is 0 Å². The van der Waals surface area contributed by atoms with Gasteiger partial charge >= 0.3 is 17.1 Å². The van der Waals surface area contributed by atoms with E-state index in [-0.39, 0.29) is 47.7 Å². The van der Waals surface area contributed by atoms with Gasteiger partial charge in [0.25, 0.3) is 0 Å². The molecule has 4 rings (SSSR count). The first kappa shape index (κ1) is 39.3. The summed E-state index contributed by atoms with van der Waals surface area (Å²) in [4.78, 5) is 43.3. The number of benzene rings is 3. The summed E-state index contributed by atoms with van der Waals surface area (Å²) in [6.07, 6.45) is 0. The van der Waals surface area contributed by atoms with E-state index in [0.29, 0.717) is 38.9 Å². The standard InChI is InChI=1S/C42H57N3O6/c1-22-16-31(40(7,8)9)35(47)26(5)29(22)20-44-37(49)43(19-28-24(3)18-33(46)34(25(28)4)42(13,14)15)38(50)45(39(44)51)21-30-23(2)17-32(41(10,11)12)36(48)27(30)6/h16-18,46-48H,19-21H2,1-15H3. The molecule has 0 unspecified atom stereocenters. The molecule has 3 N–H and O–H groups in total.